The summed E-state index contributed by atoms with van der Waals surface area (Å²) in [5, 5.41) is 8.23. The Balaban J connectivity index is 0.00000225. The fourth-order valence-electron chi connectivity index (χ4n) is 2.48. The Kier molecular flexibility index (Phi) is 7.12. The molecular formula is C16H19ClFN3O3S. The molecule has 2 heterocycles. The molecule has 2 aromatic rings. The molecule has 0 radical (unpaired) electrons. The third kappa shape index (κ3) is 5.12. The first kappa shape index (κ1) is 19.6. The number of halogens is 2. The van der Waals surface area contributed by atoms with Crippen LogP contribution in [-0.2, 0) is 9.53 Å². The van der Waals surface area contributed by atoms with Gasteiger partial charge >= 0.3 is 0 Å². The second-order valence-electron chi connectivity index (χ2n) is 5.36. The normalized spacial score (nSPS) is 16.8. The molecule has 1 aliphatic rings. The van der Waals surface area contributed by atoms with Crippen molar-refractivity contribution in [3.63, 3.8) is 0 Å². The van der Waals surface area contributed by atoms with Crippen LogP contribution in [0.25, 0.3) is 11.3 Å². The number of rotatable bonds is 5. The molecule has 0 saturated carbocycles. The van der Waals surface area contributed by atoms with Crippen molar-refractivity contribution in [1.82, 2.24) is 10.3 Å². The van der Waals surface area contributed by atoms with Gasteiger partial charge in [-0.2, -0.15) is 0 Å². The molecule has 0 spiro atoms. The number of nitrogens with one attached hydrogen (secondary N) is 2. The summed E-state index contributed by atoms with van der Waals surface area (Å²) in [6, 6.07) is 4.26. The van der Waals surface area contributed by atoms with Gasteiger partial charge in [-0.05, 0) is 18.2 Å². The highest BCUT2D eigenvalue weighted by atomic mass is 35.5. The molecule has 0 aliphatic carbocycles. The third-order valence-electron chi connectivity index (χ3n) is 3.62. The number of carbonyl (C=O) groups is 1. The average molecular weight is 388 g/mol. The molecule has 1 aliphatic heterocycles. The van der Waals surface area contributed by atoms with Crippen molar-refractivity contribution in [1.29, 1.82) is 0 Å². The van der Waals surface area contributed by atoms with Gasteiger partial charge in [0.1, 0.15) is 11.6 Å². The van der Waals surface area contributed by atoms with Crippen molar-refractivity contribution in [2.24, 2.45) is 0 Å². The Morgan fingerprint density at radius 2 is 2.40 bits per heavy atom. The standard InChI is InChI=1S/C16H18FN3O3S.ClH/c1-22-14-3-2-10(17)6-12(14)13-9-24-16(19-13)20-15(21)7-11-8-23-5-4-18-11;/h2-3,6,9,11,18H,4-5,7-8H2,1H3,(H,19,20,21);1H. The van der Waals surface area contributed by atoms with E-state index in [0.717, 1.165) is 6.54 Å². The van der Waals surface area contributed by atoms with E-state index in [0.29, 0.717) is 41.8 Å². The van der Waals surface area contributed by atoms with Gasteiger partial charge in [-0.1, -0.05) is 0 Å². The number of hydrogen-bond acceptors (Lipinski definition) is 6. The van der Waals surface area contributed by atoms with Gasteiger partial charge in [0.15, 0.2) is 5.13 Å². The van der Waals surface area contributed by atoms with E-state index < -0.39 is 0 Å². The second kappa shape index (κ2) is 9.10. The van der Waals surface area contributed by atoms with Crippen molar-refractivity contribution >= 4 is 34.8 Å². The van der Waals surface area contributed by atoms with Gasteiger partial charge in [0.2, 0.25) is 5.91 Å². The summed E-state index contributed by atoms with van der Waals surface area (Å²) in [6.07, 6.45) is 0.318. The van der Waals surface area contributed by atoms with Crippen LogP contribution in [0, 0.1) is 5.82 Å². The highest BCUT2D eigenvalue weighted by Crippen LogP contribution is 2.32. The van der Waals surface area contributed by atoms with E-state index in [9.17, 15) is 9.18 Å². The van der Waals surface area contributed by atoms with Gasteiger partial charge in [0.05, 0.1) is 26.0 Å². The van der Waals surface area contributed by atoms with E-state index >= 15 is 0 Å². The van der Waals surface area contributed by atoms with Crippen LogP contribution in [0.3, 0.4) is 0 Å². The molecule has 1 saturated heterocycles. The Hall–Kier alpha value is -1.74. The molecule has 1 fully saturated rings. The summed E-state index contributed by atoms with van der Waals surface area (Å²) in [7, 11) is 1.52. The van der Waals surface area contributed by atoms with Crippen LogP contribution in [0.5, 0.6) is 5.75 Å². The molecule has 1 unspecified atom stereocenters. The number of ether oxygens (including phenoxy) is 2. The molecule has 2 N–H and O–H groups in total. The summed E-state index contributed by atoms with van der Waals surface area (Å²) in [6.45, 7) is 1.94. The third-order valence-corrected chi connectivity index (χ3v) is 4.38. The van der Waals surface area contributed by atoms with E-state index in [1.165, 1.54) is 30.6 Å². The number of amides is 1. The lowest BCUT2D eigenvalue weighted by atomic mass is 10.1. The summed E-state index contributed by atoms with van der Waals surface area (Å²) < 4.78 is 24.0. The molecule has 1 aromatic carbocycles. The maximum atomic E-state index is 13.5. The number of aromatic nitrogens is 1. The Morgan fingerprint density at radius 1 is 1.56 bits per heavy atom. The first-order chi connectivity index (χ1) is 11.7. The van der Waals surface area contributed by atoms with E-state index in [1.807, 2.05) is 0 Å². The minimum atomic E-state index is -0.368. The summed E-state index contributed by atoms with van der Waals surface area (Å²) >= 11 is 1.29. The number of methoxy groups -OCH3 is 1. The fourth-order valence-corrected chi connectivity index (χ4v) is 3.21. The van der Waals surface area contributed by atoms with E-state index in [4.69, 9.17) is 9.47 Å². The Bertz CT molecular complexity index is 722. The molecule has 1 amide bonds. The average Bonchev–Trinajstić information content (AvgIpc) is 3.04. The van der Waals surface area contributed by atoms with Gasteiger partial charge in [-0.15, -0.1) is 23.7 Å². The maximum Gasteiger partial charge on any atom is 0.227 e. The van der Waals surface area contributed by atoms with Gasteiger partial charge in [0, 0.05) is 30.0 Å². The highest BCUT2D eigenvalue weighted by Gasteiger charge is 2.18. The fraction of sp³-hybridized carbons (Fsp3) is 0.375. The molecule has 25 heavy (non-hydrogen) atoms. The van der Waals surface area contributed by atoms with Gasteiger partial charge in [0.25, 0.3) is 0 Å². The molecule has 6 nitrogen and oxygen atoms in total. The zero-order chi connectivity index (χ0) is 16.9. The lowest BCUT2D eigenvalue weighted by Gasteiger charge is -2.22. The van der Waals surface area contributed by atoms with Crippen LogP contribution in [0.2, 0.25) is 0 Å². The number of benzene rings is 1. The largest absolute Gasteiger partial charge is 0.496 e. The number of morpholine rings is 1. The lowest BCUT2D eigenvalue weighted by Crippen LogP contribution is -2.43. The van der Waals surface area contributed by atoms with Crippen LogP contribution in [0.1, 0.15) is 6.42 Å². The summed E-state index contributed by atoms with van der Waals surface area (Å²) in [5.74, 6) is 0.0287. The minimum Gasteiger partial charge on any atom is -0.496 e. The second-order valence-corrected chi connectivity index (χ2v) is 6.22. The van der Waals surface area contributed by atoms with Crippen molar-refractivity contribution in [3.05, 3.63) is 29.4 Å². The molecular weight excluding hydrogens is 369 g/mol. The number of thiazole rings is 1. The molecule has 1 atom stereocenters. The SMILES string of the molecule is COc1ccc(F)cc1-c1csc(NC(=O)CC2COCCN2)n1.Cl. The van der Waals surface area contributed by atoms with Gasteiger partial charge in [-0.3, -0.25) is 4.79 Å². The van der Waals surface area contributed by atoms with Crippen molar-refractivity contribution in [3.8, 4) is 17.0 Å². The quantitative estimate of drug-likeness (QED) is 0.825. The van der Waals surface area contributed by atoms with Gasteiger partial charge < -0.3 is 20.1 Å². The van der Waals surface area contributed by atoms with Crippen molar-refractivity contribution in [2.75, 3.05) is 32.2 Å². The molecule has 136 valence electrons. The monoisotopic (exact) mass is 387 g/mol. The van der Waals surface area contributed by atoms with E-state index in [2.05, 4.69) is 15.6 Å². The number of hydrogen-bond donors (Lipinski definition) is 2. The number of nitrogens with zero attached hydrogens (tertiary/aromatic N) is 1. The van der Waals surface area contributed by atoms with Crippen molar-refractivity contribution in [2.45, 2.75) is 12.5 Å². The molecule has 0 bridgehead atoms. The van der Waals surface area contributed by atoms with Crippen LogP contribution < -0.4 is 15.4 Å². The predicted molar refractivity (Wildman–Crippen MR) is 97.2 cm³/mol. The minimum absolute atomic E-state index is 0. The summed E-state index contributed by atoms with van der Waals surface area (Å²) in [5.41, 5.74) is 1.11. The summed E-state index contributed by atoms with van der Waals surface area (Å²) in [4.78, 5) is 16.4. The molecule has 3 rings (SSSR count). The molecule has 9 heteroatoms. The Morgan fingerprint density at radius 3 is 3.12 bits per heavy atom. The van der Waals surface area contributed by atoms with Crippen LogP contribution in [-0.4, -0.2) is 43.8 Å². The van der Waals surface area contributed by atoms with Crippen molar-refractivity contribution < 1.29 is 18.7 Å². The number of anilines is 1. The lowest BCUT2D eigenvalue weighted by molar-refractivity contribution is -0.117. The highest BCUT2D eigenvalue weighted by molar-refractivity contribution is 7.14. The first-order valence-electron chi connectivity index (χ1n) is 7.56. The van der Waals surface area contributed by atoms with Gasteiger partial charge in [-0.25, -0.2) is 9.37 Å². The zero-order valence-corrected chi connectivity index (χ0v) is 15.2. The Labute approximate surface area is 155 Å². The first-order valence-corrected chi connectivity index (χ1v) is 8.44. The van der Waals surface area contributed by atoms with Crippen LogP contribution in [0.15, 0.2) is 23.6 Å². The number of carbonyl (C=O) groups excluding carboxylic acids is 1. The van der Waals surface area contributed by atoms with Crippen LogP contribution >= 0.6 is 23.7 Å². The maximum absolute atomic E-state index is 13.5. The van der Waals surface area contributed by atoms with Crippen LogP contribution in [0.4, 0.5) is 9.52 Å². The zero-order valence-electron chi connectivity index (χ0n) is 13.6. The van der Waals surface area contributed by atoms with E-state index in [-0.39, 0.29) is 30.2 Å². The predicted octanol–water partition coefficient (Wildman–Crippen LogP) is 2.70. The smallest absolute Gasteiger partial charge is 0.227 e. The van der Waals surface area contributed by atoms with E-state index in [1.54, 1.807) is 11.4 Å². The topological polar surface area (TPSA) is 72.5 Å². The molecule has 1 aromatic heterocycles.